The summed E-state index contributed by atoms with van der Waals surface area (Å²) in [6.45, 7) is 2.34. The van der Waals surface area contributed by atoms with Crippen molar-refractivity contribution in [1.82, 2.24) is 0 Å². The molecule has 3 N–H and O–H groups in total. The summed E-state index contributed by atoms with van der Waals surface area (Å²) >= 11 is 0. The largest absolute Gasteiger partial charge is 0.480 e. The molecule has 2 aliphatic rings. The minimum atomic E-state index is -1.08. The lowest BCUT2D eigenvalue weighted by molar-refractivity contribution is -0.147. The first-order valence-electron chi connectivity index (χ1n) is 6.82. The maximum atomic E-state index is 11.1. The molecule has 5 heteroatoms. The van der Waals surface area contributed by atoms with Gasteiger partial charge in [0.25, 0.3) is 0 Å². The van der Waals surface area contributed by atoms with Crippen LogP contribution in [0.3, 0.4) is 0 Å². The average molecular weight is 257 g/mol. The number of carboxylic acids is 1. The van der Waals surface area contributed by atoms with Crippen LogP contribution < -0.4 is 5.73 Å². The van der Waals surface area contributed by atoms with Crippen LogP contribution in [0.2, 0.25) is 0 Å². The number of carbonyl (C=O) groups is 1. The van der Waals surface area contributed by atoms with Crippen molar-refractivity contribution in [2.24, 2.45) is 11.7 Å². The molecular formula is C13H23NO4. The van der Waals surface area contributed by atoms with Crippen LogP contribution in [0.1, 0.15) is 38.5 Å². The average Bonchev–Trinajstić information content (AvgIpc) is 2.38. The predicted octanol–water partition coefficient (Wildman–Crippen LogP) is 1.15. The van der Waals surface area contributed by atoms with Crippen molar-refractivity contribution in [1.29, 1.82) is 0 Å². The zero-order chi connectivity index (χ0) is 13.0. The van der Waals surface area contributed by atoms with Gasteiger partial charge in [0.2, 0.25) is 0 Å². The lowest BCUT2D eigenvalue weighted by atomic mass is 9.81. The Labute approximate surface area is 108 Å². The van der Waals surface area contributed by atoms with E-state index in [4.69, 9.17) is 20.3 Å². The van der Waals surface area contributed by atoms with Gasteiger partial charge in [-0.15, -0.1) is 0 Å². The number of carboxylic acid groups (broad SMARTS) is 1. The lowest BCUT2D eigenvalue weighted by Crippen LogP contribution is -2.53. The molecule has 2 rings (SSSR count). The lowest BCUT2D eigenvalue weighted by Gasteiger charge is -2.35. The maximum absolute atomic E-state index is 11.1. The van der Waals surface area contributed by atoms with Crippen molar-refractivity contribution in [3.63, 3.8) is 0 Å². The predicted molar refractivity (Wildman–Crippen MR) is 66.3 cm³/mol. The molecule has 0 aromatic carbocycles. The molecule has 5 nitrogen and oxygen atoms in total. The summed E-state index contributed by atoms with van der Waals surface area (Å²) in [6.07, 6.45) is 4.84. The third-order valence-electron chi connectivity index (χ3n) is 4.08. The van der Waals surface area contributed by atoms with Crippen molar-refractivity contribution in [3.8, 4) is 0 Å². The van der Waals surface area contributed by atoms with Crippen molar-refractivity contribution in [2.75, 3.05) is 19.8 Å². The third kappa shape index (κ3) is 3.43. The fourth-order valence-corrected chi connectivity index (χ4v) is 2.78. The Hall–Kier alpha value is -0.650. The van der Waals surface area contributed by atoms with E-state index in [0.717, 1.165) is 38.9 Å². The molecule has 1 aliphatic carbocycles. The minimum Gasteiger partial charge on any atom is -0.480 e. The van der Waals surface area contributed by atoms with E-state index >= 15 is 0 Å². The monoisotopic (exact) mass is 257 g/mol. The number of ether oxygens (including phenoxy) is 2. The maximum Gasteiger partial charge on any atom is 0.323 e. The highest BCUT2D eigenvalue weighted by molar-refractivity contribution is 5.78. The van der Waals surface area contributed by atoms with Crippen LogP contribution in [-0.2, 0) is 14.3 Å². The molecule has 104 valence electrons. The van der Waals surface area contributed by atoms with Crippen LogP contribution in [0.25, 0.3) is 0 Å². The fourth-order valence-electron chi connectivity index (χ4n) is 2.78. The quantitative estimate of drug-likeness (QED) is 0.789. The van der Waals surface area contributed by atoms with Crippen LogP contribution in [0, 0.1) is 5.92 Å². The standard InChI is InChI=1S/C13H23NO4/c14-13(12(15)16)5-1-2-11(8-13)18-9-10-3-6-17-7-4-10/h10-11H,1-9,14H2,(H,15,16). The molecule has 0 spiro atoms. The van der Waals surface area contributed by atoms with Gasteiger partial charge in [0.1, 0.15) is 5.54 Å². The van der Waals surface area contributed by atoms with E-state index in [9.17, 15) is 4.79 Å². The van der Waals surface area contributed by atoms with Crippen LogP contribution in [-0.4, -0.2) is 42.5 Å². The summed E-state index contributed by atoms with van der Waals surface area (Å²) in [4.78, 5) is 11.1. The molecule has 1 aliphatic heterocycles. The molecule has 2 unspecified atom stereocenters. The van der Waals surface area contributed by atoms with Gasteiger partial charge in [0, 0.05) is 26.2 Å². The zero-order valence-corrected chi connectivity index (χ0v) is 10.8. The second kappa shape index (κ2) is 5.99. The third-order valence-corrected chi connectivity index (χ3v) is 4.08. The van der Waals surface area contributed by atoms with Crippen LogP contribution in [0.15, 0.2) is 0 Å². The van der Waals surface area contributed by atoms with Gasteiger partial charge in [0.05, 0.1) is 6.10 Å². The molecule has 0 amide bonds. The minimum absolute atomic E-state index is 0.00250. The highest BCUT2D eigenvalue weighted by Gasteiger charge is 2.39. The summed E-state index contributed by atoms with van der Waals surface area (Å²) in [5.74, 6) is -0.348. The number of hydrogen-bond acceptors (Lipinski definition) is 4. The second-order valence-electron chi connectivity index (χ2n) is 5.57. The van der Waals surface area contributed by atoms with Gasteiger partial charge in [-0.25, -0.2) is 0 Å². The molecule has 2 fully saturated rings. The first-order valence-corrected chi connectivity index (χ1v) is 6.82. The fraction of sp³-hybridized carbons (Fsp3) is 0.923. The highest BCUT2D eigenvalue weighted by Crippen LogP contribution is 2.29. The van der Waals surface area contributed by atoms with Gasteiger partial charge >= 0.3 is 5.97 Å². The van der Waals surface area contributed by atoms with Crippen LogP contribution >= 0.6 is 0 Å². The molecule has 0 aromatic heterocycles. The van der Waals surface area contributed by atoms with Gasteiger partial charge < -0.3 is 20.3 Å². The molecule has 0 bridgehead atoms. The van der Waals surface area contributed by atoms with E-state index < -0.39 is 11.5 Å². The molecule has 2 atom stereocenters. The van der Waals surface area contributed by atoms with E-state index in [1.165, 1.54) is 0 Å². The van der Waals surface area contributed by atoms with E-state index in [-0.39, 0.29) is 6.10 Å². The summed E-state index contributed by atoms with van der Waals surface area (Å²) in [7, 11) is 0. The van der Waals surface area contributed by atoms with Crippen molar-refractivity contribution < 1.29 is 19.4 Å². The van der Waals surface area contributed by atoms with Crippen molar-refractivity contribution >= 4 is 5.97 Å². The summed E-state index contributed by atoms with van der Waals surface area (Å²) in [5, 5.41) is 9.14. The Balaban J connectivity index is 1.77. The second-order valence-corrected chi connectivity index (χ2v) is 5.57. The van der Waals surface area contributed by atoms with Gasteiger partial charge in [-0.2, -0.15) is 0 Å². The van der Waals surface area contributed by atoms with E-state index in [1.807, 2.05) is 0 Å². The van der Waals surface area contributed by atoms with Crippen molar-refractivity contribution in [2.45, 2.75) is 50.2 Å². The summed E-state index contributed by atoms with van der Waals surface area (Å²) in [5.41, 5.74) is 4.82. The van der Waals surface area contributed by atoms with Crippen LogP contribution in [0.4, 0.5) is 0 Å². The number of aliphatic carboxylic acids is 1. The molecular weight excluding hydrogens is 234 g/mol. The number of rotatable bonds is 4. The van der Waals surface area contributed by atoms with Gasteiger partial charge in [-0.05, 0) is 38.0 Å². The molecule has 1 heterocycles. The number of nitrogens with two attached hydrogens (primary N) is 1. The number of hydrogen-bond donors (Lipinski definition) is 2. The Morgan fingerprint density at radius 2 is 2.11 bits per heavy atom. The SMILES string of the molecule is NC1(C(=O)O)CCCC(OCC2CCOCC2)C1. The van der Waals surface area contributed by atoms with E-state index in [0.29, 0.717) is 25.4 Å². The zero-order valence-electron chi connectivity index (χ0n) is 10.8. The van der Waals surface area contributed by atoms with Crippen LogP contribution in [0.5, 0.6) is 0 Å². The summed E-state index contributed by atoms with van der Waals surface area (Å²) in [6, 6.07) is 0. The normalized spacial score (nSPS) is 34.4. The smallest absolute Gasteiger partial charge is 0.323 e. The van der Waals surface area contributed by atoms with Crippen molar-refractivity contribution in [3.05, 3.63) is 0 Å². The summed E-state index contributed by atoms with van der Waals surface area (Å²) < 4.78 is 11.2. The highest BCUT2D eigenvalue weighted by atomic mass is 16.5. The molecule has 0 aromatic rings. The Bertz CT molecular complexity index is 291. The van der Waals surface area contributed by atoms with Gasteiger partial charge in [-0.1, -0.05) is 0 Å². The Kier molecular flexibility index (Phi) is 4.59. The van der Waals surface area contributed by atoms with Gasteiger partial charge in [-0.3, -0.25) is 4.79 Å². The first-order chi connectivity index (χ1) is 8.60. The Morgan fingerprint density at radius 3 is 2.78 bits per heavy atom. The topological polar surface area (TPSA) is 81.8 Å². The molecule has 1 saturated carbocycles. The van der Waals surface area contributed by atoms with E-state index in [1.54, 1.807) is 0 Å². The molecule has 18 heavy (non-hydrogen) atoms. The van der Waals surface area contributed by atoms with E-state index in [2.05, 4.69) is 0 Å². The Morgan fingerprint density at radius 1 is 1.39 bits per heavy atom. The molecule has 1 saturated heterocycles. The van der Waals surface area contributed by atoms with Gasteiger partial charge in [0.15, 0.2) is 0 Å². The first kappa shape index (κ1) is 13.8. The molecule has 0 radical (unpaired) electrons.